The second-order valence-corrected chi connectivity index (χ2v) is 2.85. The van der Waals surface area contributed by atoms with Crippen LogP contribution in [0.4, 0.5) is 0 Å². The SMILES string of the molecule is C=C(C)/C=C\C(=C/C)NCCC. The van der Waals surface area contributed by atoms with Crippen molar-refractivity contribution < 1.29 is 0 Å². The number of hydrogen-bond donors (Lipinski definition) is 1. The van der Waals surface area contributed by atoms with E-state index in [4.69, 9.17) is 0 Å². The van der Waals surface area contributed by atoms with Crippen molar-refractivity contribution in [2.75, 3.05) is 6.54 Å². The normalized spacial score (nSPS) is 12.1. The summed E-state index contributed by atoms with van der Waals surface area (Å²) in [6.07, 6.45) is 7.28. The predicted molar refractivity (Wildman–Crippen MR) is 56.0 cm³/mol. The van der Waals surface area contributed by atoms with Crippen molar-refractivity contribution in [3.63, 3.8) is 0 Å². The zero-order valence-electron chi connectivity index (χ0n) is 8.35. The monoisotopic (exact) mass is 165 g/mol. The van der Waals surface area contributed by atoms with E-state index in [9.17, 15) is 0 Å². The molecule has 0 atom stereocenters. The molecule has 0 radical (unpaired) electrons. The average molecular weight is 165 g/mol. The van der Waals surface area contributed by atoms with Crippen molar-refractivity contribution >= 4 is 0 Å². The van der Waals surface area contributed by atoms with Gasteiger partial charge in [-0.1, -0.05) is 31.2 Å². The van der Waals surface area contributed by atoms with E-state index in [-0.39, 0.29) is 0 Å². The van der Waals surface area contributed by atoms with E-state index in [0.717, 1.165) is 18.5 Å². The largest absolute Gasteiger partial charge is 0.385 e. The number of rotatable bonds is 5. The lowest BCUT2D eigenvalue weighted by molar-refractivity contribution is 0.783. The fourth-order valence-electron chi connectivity index (χ4n) is 0.759. The Bertz CT molecular complexity index is 187. The van der Waals surface area contributed by atoms with Gasteiger partial charge < -0.3 is 5.32 Å². The topological polar surface area (TPSA) is 12.0 Å². The molecule has 0 amide bonds. The highest BCUT2D eigenvalue weighted by atomic mass is 14.9. The maximum absolute atomic E-state index is 3.80. The maximum atomic E-state index is 3.80. The van der Waals surface area contributed by atoms with Gasteiger partial charge in [0.2, 0.25) is 0 Å². The molecule has 0 bridgehead atoms. The zero-order chi connectivity index (χ0) is 9.40. The van der Waals surface area contributed by atoms with Gasteiger partial charge >= 0.3 is 0 Å². The second-order valence-electron chi connectivity index (χ2n) is 2.85. The zero-order valence-corrected chi connectivity index (χ0v) is 8.35. The summed E-state index contributed by atoms with van der Waals surface area (Å²) in [6, 6.07) is 0. The summed E-state index contributed by atoms with van der Waals surface area (Å²) in [5.41, 5.74) is 2.24. The Labute approximate surface area is 75.9 Å². The minimum atomic E-state index is 1.03. The van der Waals surface area contributed by atoms with Crippen LogP contribution in [-0.2, 0) is 0 Å². The molecular formula is C11H19N. The molecule has 0 aliphatic rings. The van der Waals surface area contributed by atoms with Crippen LogP contribution in [0.3, 0.4) is 0 Å². The maximum Gasteiger partial charge on any atom is 0.0296 e. The molecule has 0 fully saturated rings. The highest BCUT2D eigenvalue weighted by Crippen LogP contribution is 1.96. The molecule has 0 aromatic carbocycles. The van der Waals surface area contributed by atoms with Gasteiger partial charge in [-0.3, -0.25) is 0 Å². The lowest BCUT2D eigenvalue weighted by Crippen LogP contribution is -2.11. The Morgan fingerprint density at radius 3 is 2.50 bits per heavy atom. The Balaban J connectivity index is 3.92. The average Bonchev–Trinajstić information content (AvgIpc) is 2.05. The summed E-state index contributed by atoms with van der Waals surface area (Å²) < 4.78 is 0. The van der Waals surface area contributed by atoms with Crippen molar-refractivity contribution in [1.82, 2.24) is 5.32 Å². The molecule has 1 nitrogen and oxygen atoms in total. The number of hydrogen-bond acceptors (Lipinski definition) is 1. The minimum absolute atomic E-state index is 1.03. The van der Waals surface area contributed by atoms with Crippen LogP contribution in [0.25, 0.3) is 0 Å². The van der Waals surface area contributed by atoms with Gasteiger partial charge in [-0.05, 0) is 26.3 Å². The van der Waals surface area contributed by atoms with Gasteiger partial charge in [-0.15, -0.1) is 0 Å². The smallest absolute Gasteiger partial charge is 0.0296 e. The van der Waals surface area contributed by atoms with Crippen LogP contribution in [0.1, 0.15) is 27.2 Å². The molecule has 0 aliphatic carbocycles. The van der Waals surface area contributed by atoms with E-state index >= 15 is 0 Å². The van der Waals surface area contributed by atoms with Crippen molar-refractivity contribution in [3.05, 3.63) is 36.1 Å². The van der Waals surface area contributed by atoms with E-state index in [1.54, 1.807) is 0 Å². The van der Waals surface area contributed by atoms with Crippen LogP contribution in [0.2, 0.25) is 0 Å². The molecule has 0 aliphatic heterocycles. The second kappa shape index (κ2) is 6.71. The molecule has 12 heavy (non-hydrogen) atoms. The molecule has 0 heterocycles. The molecule has 1 N–H and O–H groups in total. The summed E-state index contributed by atoms with van der Waals surface area (Å²) >= 11 is 0. The van der Waals surface area contributed by atoms with E-state index in [1.807, 2.05) is 19.9 Å². The van der Waals surface area contributed by atoms with Crippen LogP contribution < -0.4 is 5.32 Å². The standard InChI is InChI=1S/C11H19N/c1-5-9-12-11(6-2)8-7-10(3)4/h6-8,12H,3,5,9H2,1-2,4H3/b8-7-,11-6+. The highest BCUT2D eigenvalue weighted by molar-refractivity contribution is 5.23. The Hall–Kier alpha value is -0.980. The van der Waals surface area contributed by atoms with Crippen LogP contribution >= 0.6 is 0 Å². The molecule has 0 spiro atoms. The first kappa shape index (κ1) is 11.0. The first-order valence-corrected chi connectivity index (χ1v) is 4.44. The molecule has 0 saturated carbocycles. The molecule has 68 valence electrons. The lowest BCUT2D eigenvalue weighted by Gasteiger charge is -2.03. The molecular weight excluding hydrogens is 146 g/mol. The van der Waals surface area contributed by atoms with Gasteiger partial charge in [-0.25, -0.2) is 0 Å². The third-order valence-electron chi connectivity index (χ3n) is 1.44. The molecule has 0 unspecified atom stereocenters. The van der Waals surface area contributed by atoms with E-state index < -0.39 is 0 Å². The fourth-order valence-corrected chi connectivity index (χ4v) is 0.759. The van der Waals surface area contributed by atoms with Gasteiger partial charge in [0, 0.05) is 12.2 Å². The summed E-state index contributed by atoms with van der Waals surface area (Å²) in [7, 11) is 0. The van der Waals surface area contributed by atoms with Gasteiger partial charge in [-0.2, -0.15) is 0 Å². The fraction of sp³-hybridized carbons (Fsp3) is 0.455. The first-order valence-electron chi connectivity index (χ1n) is 4.44. The van der Waals surface area contributed by atoms with Gasteiger partial charge in [0.05, 0.1) is 0 Å². The highest BCUT2D eigenvalue weighted by Gasteiger charge is 1.86. The third kappa shape index (κ3) is 5.78. The molecule has 0 aromatic rings. The van der Waals surface area contributed by atoms with Crippen LogP contribution in [-0.4, -0.2) is 6.54 Å². The van der Waals surface area contributed by atoms with Crippen LogP contribution in [0, 0.1) is 0 Å². The summed E-state index contributed by atoms with van der Waals surface area (Å²) in [4.78, 5) is 0. The Morgan fingerprint density at radius 1 is 1.42 bits per heavy atom. The van der Waals surface area contributed by atoms with E-state index in [0.29, 0.717) is 0 Å². The molecule has 1 heteroatoms. The van der Waals surface area contributed by atoms with Gasteiger partial charge in [0.25, 0.3) is 0 Å². The van der Waals surface area contributed by atoms with Gasteiger partial charge in [0.1, 0.15) is 0 Å². The van der Waals surface area contributed by atoms with E-state index in [2.05, 4.69) is 31.0 Å². The van der Waals surface area contributed by atoms with E-state index in [1.165, 1.54) is 5.70 Å². The first-order chi connectivity index (χ1) is 5.70. The van der Waals surface area contributed by atoms with Crippen molar-refractivity contribution in [2.45, 2.75) is 27.2 Å². The lowest BCUT2D eigenvalue weighted by atomic mass is 10.2. The summed E-state index contributed by atoms with van der Waals surface area (Å²) in [5.74, 6) is 0. The summed E-state index contributed by atoms with van der Waals surface area (Å²) in [6.45, 7) is 11.0. The molecule has 0 aromatic heterocycles. The summed E-state index contributed by atoms with van der Waals surface area (Å²) in [5, 5.41) is 3.31. The molecule has 0 saturated heterocycles. The number of allylic oxidation sites excluding steroid dienone is 4. The quantitative estimate of drug-likeness (QED) is 0.617. The van der Waals surface area contributed by atoms with Crippen molar-refractivity contribution in [1.29, 1.82) is 0 Å². The van der Waals surface area contributed by atoms with Gasteiger partial charge in [0.15, 0.2) is 0 Å². The van der Waals surface area contributed by atoms with Crippen molar-refractivity contribution in [3.8, 4) is 0 Å². The van der Waals surface area contributed by atoms with Crippen molar-refractivity contribution in [2.24, 2.45) is 0 Å². The predicted octanol–water partition coefficient (Wildman–Crippen LogP) is 3.02. The Morgan fingerprint density at radius 2 is 2.08 bits per heavy atom. The van der Waals surface area contributed by atoms with Crippen LogP contribution in [0.5, 0.6) is 0 Å². The molecule has 0 rings (SSSR count). The minimum Gasteiger partial charge on any atom is -0.385 e. The third-order valence-corrected chi connectivity index (χ3v) is 1.44. The number of nitrogens with one attached hydrogen (secondary N) is 1. The van der Waals surface area contributed by atoms with Crippen LogP contribution in [0.15, 0.2) is 36.1 Å². The Kier molecular flexibility index (Phi) is 6.16.